The van der Waals surface area contributed by atoms with Crippen LogP contribution < -0.4 is 10.5 Å². The fraction of sp³-hybridized carbons (Fsp3) is 0.176. The summed E-state index contributed by atoms with van der Waals surface area (Å²) in [6, 6.07) is 4.81. The van der Waals surface area contributed by atoms with Gasteiger partial charge in [0.1, 0.15) is 24.3 Å². The maximum atomic E-state index is 12.8. The van der Waals surface area contributed by atoms with Crippen LogP contribution in [0.5, 0.6) is 5.75 Å². The van der Waals surface area contributed by atoms with Gasteiger partial charge in [-0.3, -0.25) is 0 Å². The largest absolute Gasteiger partial charge is 0.488 e. The van der Waals surface area contributed by atoms with Crippen LogP contribution in [0.2, 0.25) is 10.0 Å². The fourth-order valence-corrected chi connectivity index (χ4v) is 3.02. The van der Waals surface area contributed by atoms with Crippen LogP contribution in [0.15, 0.2) is 35.0 Å². The second-order valence-electron chi connectivity index (χ2n) is 6.21. The molecule has 0 bridgehead atoms. The minimum absolute atomic E-state index is 0.0622. The number of aliphatic hydroxyl groups is 1. The molecular weight excluding hydrogens is 464 g/mol. The summed E-state index contributed by atoms with van der Waals surface area (Å²) in [5, 5.41) is 16.7. The lowest BCUT2D eigenvalue weighted by molar-refractivity contribution is -0.141. The van der Waals surface area contributed by atoms with E-state index in [1.807, 2.05) is 0 Å². The molecule has 3 N–H and O–H groups in total. The molecule has 0 radical (unpaired) electrons. The van der Waals surface area contributed by atoms with Gasteiger partial charge < -0.3 is 20.1 Å². The minimum Gasteiger partial charge on any atom is -0.488 e. The van der Waals surface area contributed by atoms with Gasteiger partial charge >= 0.3 is 6.18 Å². The third-order valence-corrected chi connectivity index (χ3v) is 4.54. The molecule has 1 atom stereocenters. The molecule has 0 aliphatic heterocycles. The lowest BCUT2D eigenvalue weighted by atomic mass is 10.2. The van der Waals surface area contributed by atoms with Crippen molar-refractivity contribution >= 4 is 28.8 Å². The second-order valence-corrected chi connectivity index (χ2v) is 7.02. The molecule has 0 spiro atoms. The molecule has 14 heteroatoms. The van der Waals surface area contributed by atoms with Gasteiger partial charge in [0.25, 0.3) is 5.89 Å². The second kappa shape index (κ2) is 7.96. The normalized spacial score (nSPS) is 13.0. The van der Waals surface area contributed by atoms with Gasteiger partial charge in [0.15, 0.2) is 11.3 Å². The third kappa shape index (κ3) is 4.42. The Kier molecular flexibility index (Phi) is 5.47. The summed E-state index contributed by atoms with van der Waals surface area (Å²) in [5.41, 5.74) is 4.73. The van der Waals surface area contributed by atoms with Crippen LogP contribution in [0.25, 0.3) is 28.6 Å². The summed E-state index contributed by atoms with van der Waals surface area (Å²) < 4.78 is 49.9. The van der Waals surface area contributed by atoms with Crippen LogP contribution in [0.3, 0.4) is 0 Å². The Morgan fingerprint density at radius 3 is 2.68 bits per heavy atom. The van der Waals surface area contributed by atoms with E-state index in [9.17, 15) is 13.2 Å². The van der Waals surface area contributed by atoms with Crippen LogP contribution in [0, 0.1) is 0 Å². The number of aliphatic hydroxyl groups excluding tert-OH is 1. The molecule has 0 saturated heterocycles. The molecule has 0 aliphatic carbocycles. The number of nitrogens with zero attached hydrogens (tertiary/aromatic N) is 5. The predicted molar refractivity (Wildman–Crippen MR) is 102 cm³/mol. The van der Waals surface area contributed by atoms with E-state index in [1.165, 1.54) is 24.4 Å². The maximum Gasteiger partial charge on any atom is 0.435 e. The Morgan fingerprint density at radius 1 is 1.19 bits per heavy atom. The summed E-state index contributed by atoms with van der Waals surface area (Å²) in [4.78, 5) is 8.31. The molecule has 3 aromatic heterocycles. The molecule has 4 rings (SSSR count). The monoisotopic (exact) mass is 474 g/mol. The van der Waals surface area contributed by atoms with Gasteiger partial charge in [-0.1, -0.05) is 28.4 Å². The van der Waals surface area contributed by atoms with E-state index in [2.05, 4.69) is 20.2 Å². The molecular formula is C17H11Cl2F3N6O3. The van der Waals surface area contributed by atoms with E-state index in [4.69, 9.17) is 43.3 Å². The topological polar surface area (TPSA) is 125 Å². The molecule has 9 nitrogen and oxygen atoms in total. The first-order valence-electron chi connectivity index (χ1n) is 8.45. The van der Waals surface area contributed by atoms with Crippen LogP contribution in [0.4, 0.5) is 13.2 Å². The lowest BCUT2D eigenvalue weighted by Crippen LogP contribution is -2.26. The highest BCUT2D eigenvalue weighted by molar-refractivity contribution is 6.36. The average Bonchev–Trinajstić information content (AvgIpc) is 3.33. The van der Waals surface area contributed by atoms with Crippen molar-refractivity contribution in [1.82, 2.24) is 24.7 Å². The van der Waals surface area contributed by atoms with Gasteiger partial charge in [0, 0.05) is 11.6 Å². The zero-order chi connectivity index (χ0) is 22.3. The van der Waals surface area contributed by atoms with Gasteiger partial charge in [-0.15, -0.1) is 0 Å². The maximum absolute atomic E-state index is 12.8. The SMILES string of the molecule is N[C@H](O)COc1cc(Cl)c(-c2noc(-c3cn4nc(C(F)(F)F)ccc4n3)n2)cc1Cl. The zero-order valence-electron chi connectivity index (χ0n) is 15.1. The molecule has 0 unspecified atom stereocenters. The number of halogens is 5. The van der Waals surface area contributed by atoms with Crippen LogP contribution in [0.1, 0.15) is 5.69 Å². The third-order valence-electron chi connectivity index (χ3n) is 3.93. The van der Waals surface area contributed by atoms with Crippen molar-refractivity contribution in [3.63, 3.8) is 0 Å². The van der Waals surface area contributed by atoms with E-state index >= 15 is 0 Å². The lowest BCUT2D eigenvalue weighted by Gasteiger charge is -2.11. The Labute approximate surface area is 181 Å². The smallest absolute Gasteiger partial charge is 0.435 e. The van der Waals surface area contributed by atoms with Gasteiger partial charge in [-0.25, -0.2) is 9.50 Å². The van der Waals surface area contributed by atoms with E-state index in [0.29, 0.717) is 5.56 Å². The number of ether oxygens (including phenoxy) is 1. The highest BCUT2D eigenvalue weighted by Crippen LogP contribution is 2.36. The minimum atomic E-state index is -4.59. The van der Waals surface area contributed by atoms with Gasteiger partial charge in [-0.2, -0.15) is 23.3 Å². The van der Waals surface area contributed by atoms with Crippen molar-refractivity contribution in [1.29, 1.82) is 0 Å². The van der Waals surface area contributed by atoms with Crippen molar-refractivity contribution in [2.24, 2.45) is 5.73 Å². The molecule has 31 heavy (non-hydrogen) atoms. The quantitative estimate of drug-likeness (QED) is 0.421. The summed E-state index contributed by atoms with van der Waals surface area (Å²) in [6.45, 7) is -0.195. The molecule has 3 heterocycles. The van der Waals surface area contributed by atoms with E-state index in [-0.39, 0.29) is 45.5 Å². The number of hydrogen-bond acceptors (Lipinski definition) is 8. The van der Waals surface area contributed by atoms with Crippen LogP contribution in [-0.4, -0.2) is 42.7 Å². The number of rotatable bonds is 5. The predicted octanol–water partition coefficient (Wildman–Crippen LogP) is 3.43. The first-order chi connectivity index (χ1) is 14.6. The summed E-state index contributed by atoms with van der Waals surface area (Å²) in [6.07, 6.45) is -4.56. The van der Waals surface area contributed by atoms with E-state index in [1.54, 1.807) is 0 Å². The summed E-state index contributed by atoms with van der Waals surface area (Å²) in [5.74, 6) is 0.191. The Hall–Kier alpha value is -2.93. The number of imidazole rings is 1. The highest BCUT2D eigenvalue weighted by Gasteiger charge is 2.33. The van der Waals surface area contributed by atoms with E-state index < -0.39 is 18.1 Å². The number of benzene rings is 1. The zero-order valence-corrected chi connectivity index (χ0v) is 16.7. The number of nitrogens with two attached hydrogens (primary N) is 1. The number of alkyl halides is 3. The summed E-state index contributed by atoms with van der Waals surface area (Å²) >= 11 is 12.4. The Morgan fingerprint density at radius 2 is 1.97 bits per heavy atom. The van der Waals surface area contributed by atoms with Crippen LogP contribution >= 0.6 is 23.2 Å². The average molecular weight is 475 g/mol. The van der Waals surface area contributed by atoms with Crippen molar-refractivity contribution in [3.05, 3.63) is 46.2 Å². The fourth-order valence-electron chi connectivity index (χ4n) is 2.56. The van der Waals surface area contributed by atoms with Crippen molar-refractivity contribution < 1.29 is 27.5 Å². The molecule has 0 saturated carbocycles. The number of fused-ring (bicyclic) bond motifs is 1. The molecule has 0 fully saturated rings. The number of aromatic nitrogens is 5. The number of hydrogen-bond donors (Lipinski definition) is 2. The first kappa shape index (κ1) is 21.3. The molecule has 0 aliphatic rings. The first-order valence-corrected chi connectivity index (χ1v) is 9.21. The molecule has 1 aromatic carbocycles. The van der Waals surface area contributed by atoms with Crippen molar-refractivity contribution in [2.45, 2.75) is 12.4 Å². The van der Waals surface area contributed by atoms with Gasteiger partial charge in [0.05, 0.1) is 16.2 Å². The van der Waals surface area contributed by atoms with Gasteiger partial charge in [0.2, 0.25) is 5.82 Å². The standard InChI is InChI=1S/C17H11Cl2F3N6O3/c18-8-4-11(30-6-13(23)29)9(19)3-7(8)15-25-16(31-27-15)10-5-28-14(24-10)2-1-12(26-28)17(20,21)22/h1-5,13,29H,6,23H2/t13-/m1/s1. The van der Waals surface area contributed by atoms with Crippen LogP contribution in [-0.2, 0) is 6.18 Å². The van der Waals surface area contributed by atoms with Gasteiger partial charge in [-0.05, 0) is 18.2 Å². The van der Waals surface area contributed by atoms with Crippen molar-refractivity contribution in [2.75, 3.05) is 6.61 Å². The molecule has 4 aromatic rings. The Balaban J connectivity index is 1.64. The van der Waals surface area contributed by atoms with E-state index in [0.717, 1.165) is 10.6 Å². The molecule has 0 amide bonds. The Bertz CT molecular complexity index is 1260. The molecule has 162 valence electrons. The summed E-state index contributed by atoms with van der Waals surface area (Å²) in [7, 11) is 0. The highest BCUT2D eigenvalue weighted by atomic mass is 35.5. The van der Waals surface area contributed by atoms with Crippen molar-refractivity contribution in [3.8, 4) is 28.7 Å².